The third-order valence-electron chi connectivity index (χ3n) is 2.12. The number of aliphatic carboxylic acids is 1. The summed E-state index contributed by atoms with van der Waals surface area (Å²) in [7, 11) is 0. The van der Waals surface area contributed by atoms with Crippen molar-refractivity contribution in [3.8, 4) is 0 Å². The molecule has 0 bridgehead atoms. The number of Topliss-reactive ketones (excluding diaryl/α,β-unsaturated/α-hetero) is 1. The average molecular weight is 202 g/mol. The van der Waals surface area contributed by atoms with Gasteiger partial charge in [0, 0.05) is 0 Å². The van der Waals surface area contributed by atoms with Crippen molar-refractivity contribution in [1.29, 1.82) is 0 Å². The average Bonchev–Trinajstić information content (AvgIpc) is 2.11. The summed E-state index contributed by atoms with van der Waals surface area (Å²) in [5, 5.41) is 8.47. The number of carboxylic acids is 1. The minimum Gasteiger partial charge on any atom is -0.480 e. The molecule has 0 rings (SSSR count). The van der Waals surface area contributed by atoms with Crippen molar-refractivity contribution in [3.63, 3.8) is 0 Å². The molecular formula is C9H18N2O3. The molecule has 0 aliphatic carbocycles. The molecule has 2 atom stereocenters. The minimum absolute atomic E-state index is 0.0347. The molecule has 5 heteroatoms. The lowest BCUT2D eigenvalue weighted by Gasteiger charge is -2.08. The Morgan fingerprint density at radius 2 is 1.57 bits per heavy atom. The van der Waals surface area contributed by atoms with Gasteiger partial charge in [0.15, 0.2) is 0 Å². The van der Waals surface area contributed by atoms with Crippen molar-refractivity contribution in [2.45, 2.75) is 44.7 Å². The maximum atomic E-state index is 10.7. The van der Waals surface area contributed by atoms with Gasteiger partial charge in [-0.25, -0.2) is 0 Å². The van der Waals surface area contributed by atoms with Crippen LogP contribution in [-0.2, 0) is 9.59 Å². The van der Waals surface area contributed by atoms with E-state index in [0.29, 0.717) is 19.3 Å². The number of nitrogens with two attached hydrogens (primary N) is 2. The maximum Gasteiger partial charge on any atom is 0.320 e. The van der Waals surface area contributed by atoms with Gasteiger partial charge in [-0.05, 0) is 19.8 Å². The summed E-state index contributed by atoms with van der Waals surface area (Å²) >= 11 is 0. The monoisotopic (exact) mass is 202 g/mol. The van der Waals surface area contributed by atoms with E-state index >= 15 is 0 Å². The van der Waals surface area contributed by atoms with E-state index in [-0.39, 0.29) is 5.78 Å². The van der Waals surface area contributed by atoms with E-state index in [1.165, 1.54) is 6.92 Å². The molecule has 82 valence electrons. The topological polar surface area (TPSA) is 106 Å². The number of ketones is 1. The van der Waals surface area contributed by atoms with Crippen LogP contribution >= 0.6 is 0 Å². The Morgan fingerprint density at radius 3 is 1.93 bits per heavy atom. The van der Waals surface area contributed by atoms with Gasteiger partial charge in [-0.15, -0.1) is 0 Å². The summed E-state index contributed by atoms with van der Waals surface area (Å²) in [5.41, 5.74) is 10.8. The zero-order chi connectivity index (χ0) is 11.1. The lowest BCUT2D eigenvalue weighted by atomic mass is 10.0. The van der Waals surface area contributed by atoms with Gasteiger partial charge in [-0.2, -0.15) is 0 Å². The maximum absolute atomic E-state index is 10.7. The van der Waals surface area contributed by atoms with Crippen LogP contribution in [0.15, 0.2) is 0 Å². The van der Waals surface area contributed by atoms with Gasteiger partial charge >= 0.3 is 5.97 Å². The van der Waals surface area contributed by atoms with E-state index in [9.17, 15) is 9.59 Å². The standard InChI is InChI=1S/C9H18N2O3/c1-6(12)7(10)4-2-3-5-8(11)9(13)14/h7-8H,2-5,10-11H2,1H3,(H,13,14). The van der Waals surface area contributed by atoms with Gasteiger partial charge in [-0.1, -0.05) is 12.8 Å². The van der Waals surface area contributed by atoms with Gasteiger partial charge in [0.05, 0.1) is 6.04 Å². The molecule has 0 aromatic carbocycles. The molecule has 14 heavy (non-hydrogen) atoms. The normalized spacial score (nSPS) is 14.8. The second kappa shape index (κ2) is 6.50. The summed E-state index contributed by atoms with van der Waals surface area (Å²) in [6.45, 7) is 1.45. The number of rotatable bonds is 7. The Hall–Kier alpha value is -0.940. The zero-order valence-corrected chi connectivity index (χ0v) is 8.40. The smallest absolute Gasteiger partial charge is 0.320 e. The number of carboxylic acid groups (broad SMARTS) is 1. The van der Waals surface area contributed by atoms with Crippen molar-refractivity contribution in [3.05, 3.63) is 0 Å². The molecule has 0 amide bonds. The lowest BCUT2D eigenvalue weighted by Crippen LogP contribution is -2.30. The fourth-order valence-corrected chi connectivity index (χ4v) is 1.06. The predicted octanol–water partition coefficient (Wildman–Crippen LogP) is -0.125. The van der Waals surface area contributed by atoms with Crippen molar-refractivity contribution >= 4 is 11.8 Å². The molecule has 0 saturated carbocycles. The van der Waals surface area contributed by atoms with Gasteiger partial charge in [0.2, 0.25) is 0 Å². The Balaban J connectivity index is 3.47. The number of unbranched alkanes of at least 4 members (excludes halogenated alkanes) is 1. The molecule has 2 unspecified atom stereocenters. The van der Waals surface area contributed by atoms with E-state index < -0.39 is 18.1 Å². The van der Waals surface area contributed by atoms with Crippen LogP contribution < -0.4 is 11.5 Å². The molecular weight excluding hydrogens is 184 g/mol. The molecule has 0 aromatic heterocycles. The minimum atomic E-state index is -0.985. The third-order valence-corrected chi connectivity index (χ3v) is 2.12. The fraction of sp³-hybridized carbons (Fsp3) is 0.778. The molecule has 0 saturated heterocycles. The van der Waals surface area contributed by atoms with Crippen molar-refractivity contribution in [2.75, 3.05) is 0 Å². The molecule has 0 fully saturated rings. The van der Waals surface area contributed by atoms with Gasteiger partial charge in [0.25, 0.3) is 0 Å². The van der Waals surface area contributed by atoms with Crippen molar-refractivity contribution < 1.29 is 14.7 Å². The lowest BCUT2D eigenvalue weighted by molar-refractivity contribution is -0.138. The number of hydrogen-bond donors (Lipinski definition) is 3. The summed E-state index contributed by atoms with van der Waals surface area (Å²) in [5.74, 6) is -1.02. The molecule has 0 aliphatic heterocycles. The first kappa shape index (κ1) is 13.1. The number of hydrogen-bond acceptors (Lipinski definition) is 4. The predicted molar refractivity (Wildman–Crippen MR) is 52.7 cm³/mol. The van der Waals surface area contributed by atoms with Crippen LogP contribution in [0.3, 0.4) is 0 Å². The molecule has 0 aliphatic rings. The summed E-state index contributed by atoms with van der Waals surface area (Å²) in [4.78, 5) is 21.1. The Labute approximate surface area is 83.5 Å². The highest BCUT2D eigenvalue weighted by atomic mass is 16.4. The molecule has 0 aromatic rings. The second-order valence-corrected chi connectivity index (χ2v) is 3.45. The largest absolute Gasteiger partial charge is 0.480 e. The highest BCUT2D eigenvalue weighted by Crippen LogP contribution is 2.04. The highest BCUT2D eigenvalue weighted by molar-refractivity contribution is 5.81. The molecule has 0 spiro atoms. The van der Waals surface area contributed by atoms with E-state index in [1.54, 1.807) is 0 Å². The Bertz CT molecular complexity index is 184. The van der Waals surface area contributed by atoms with Crippen LogP contribution in [0.25, 0.3) is 0 Å². The van der Waals surface area contributed by atoms with Crippen molar-refractivity contribution in [1.82, 2.24) is 0 Å². The molecule has 5 N–H and O–H groups in total. The molecule has 5 nitrogen and oxygen atoms in total. The van der Waals surface area contributed by atoms with E-state index in [4.69, 9.17) is 16.6 Å². The fourth-order valence-electron chi connectivity index (χ4n) is 1.06. The number of carbonyl (C=O) groups is 2. The van der Waals surface area contributed by atoms with E-state index in [0.717, 1.165) is 6.42 Å². The van der Waals surface area contributed by atoms with Crippen LogP contribution in [0, 0.1) is 0 Å². The first-order valence-electron chi connectivity index (χ1n) is 4.69. The van der Waals surface area contributed by atoms with E-state index in [2.05, 4.69) is 0 Å². The Morgan fingerprint density at radius 1 is 1.14 bits per heavy atom. The van der Waals surface area contributed by atoms with Gasteiger partial charge in [-0.3, -0.25) is 9.59 Å². The second-order valence-electron chi connectivity index (χ2n) is 3.45. The SMILES string of the molecule is CC(=O)C(N)CCCCC(N)C(=O)O. The number of carbonyl (C=O) groups excluding carboxylic acids is 1. The summed E-state index contributed by atoms with van der Waals surface area (Å²) < 4.78 is 0. The highest BCUT2D eigenvalue weighted by Gasteiger charge is 2.11. The summed E-state index contributed by atoms with van der Waals surface area (Å²) in [6.07, 6.45) is 2.46. The third kappa shape index (κ3) is 5.66. The van der Waals surface area contributed by atoms with Gasteiger partial charge in [0.1, 0.15) is 11.8 Å². The van der Waals surface area contributed by atoms with E-state index in [1.807, 2.05) is 0 Å². The summed E-state index contributed by atoms with van der Waals surface area (Å²) in [6, 6.07) is -1.22. The quantitative estimate of drug-likeness (QED) is 0.499. The Kier molecular flexibility index (Phi) is 6.07. The first-order valence-corrected chi connectivity index (χ1v) is 4.69. The van der Waals surface area contributed by atoms with Crippen molar-refractivity contribution in [2.24, 2.45) is 11.5 Å². The van der Waals surface area contributed by atoms with Crippen LogP contribution in [-0.4, -0.2) is 28.9 Å². The van der Waals surface area contributed by atoms with Crippen LogP contribution in [0.2, 0.25) is 0 Å². The van der Waals surface area contributed by atoms with Crippen LogP contribution in [0.5, 0.6) is 0 Å². The molecule has 0 heterocycles. The van der Waals surface area contributed by atoms with Crippen LogP contribution in [0.1, 0.15) is 32.6 Å². The first-order chi connectivity index (χ1) is 6.45. The zero-order valence-electron chi connectivity index (χ0n) is 8.40. The molecule has 0 radical (unpaired) electrons. The van der Waals surface area contributed by atoms with Gasteiger partial charge < -0.3 is 16.6 Å². The van der Waals surface area contributed by atoms with Crippen LogP contribution in [0.4, 0.5) is 0 Å².